The van der Waals surface area contributed by atoms with Crippen molar-refractivity contribution in [2.45, 2.75) is 26.1 Å². The Balaban J connectivity index is 1.69. The van der Waals surface area contributed by atoms with Crippen LogP contribution < -0.4 is 10.6 Å². The lowest BCUT2D eigenvalue weighted by Gasteiger charge is -2.09. The van der Waals surface area contributed by atoms with Gasteiger partial charge in [0, 0.05) is 30.1 Å². The molecular weight excluding hydrogens is 334 g/mol. The van der Waals surface area contributed by atoms with Crippen molar-refractivity contribution >= 4 is 29.3 Å². The number of rotatable bonds is 8. The number of thioether (sulfide) groups is 1. The predicted octanol–water partition coefficient (Wildman–Crippen LogP) is 3.23. The first kappa shape index (κ1) is 19.0. The summed E-state index contributed by atoms with van der Waals surface area (Å²) in [5.74, 6) is 1.06. The van der Waals surface area contributed by atoms with Gasteiger partial charge in [-0.1, -0.05) is 32.0 Å². The predicted molar refractivity (Wildman–Crippen MR) is 102 cm³/mol. The van der Waals surface area contributed by atoms with Crippen LogP contribution in [0, 0.1) is 5.92 Å². The van der Waals surface area contributed by atoms with Gasteiger partial charge in [0.1, 0.15) is 0 Å². The van der Waals surface area contributed by atoms with Crippen LogP contribution in [0.15, 0.2) is 48.7 Å². The highest BCUT2D eigenvalue weighted by Crippen LogP contribution is 2.12. The smallest absolute Gasteiger partial charge is 0.230 e. The van der Waals surface area contributed by atoms with E-state index in [9.17, 15) is 9.59 Å². The second-order valence-corrected chi connectivity index (χ2v) is 6.92. The lowest BCUT2D eigenvalue weighted by atomic mass is 10.1. The Bertz CT molecular complexity index is 688. The van der Waals surface area contributed by atoms with Gasteiger partial charge in [-0.25, -0.2) is 0 Å². The molecule has 0 bridgehead atoms. The molecule has 0 fully saturated rings. The van der Waals surface area contributed by atoms with E-state index in [1.807, 2.05) is 56.3 Å². The first-order chi connectivity index (χ1) is 12.0. The summed E-state index contributed by atoms with van der Waals surface area (Å²) in [6, 6.07) is 13.3. The summed E-state index contributed by atoms with van der Waals surface area (Å²) >= 11 is 1.54. The highest BCUT2D eigenvalue weighted by atomic mass is 32.2. The number of benzene rings is 1. The molecule has 0 saturated carbocycles. The minimum atomic E-state index is -0.0532. The van der Waals surface area contributed by atoms with Gasteiger partial charge in [-0.05, 0) is 29.8 Å². The lowest BCUT2D eigenvalue weighted by molar-refractivity contribution is -0.119. The Morgan fingerprint density at radius 1 is 1.12 bits per heavy atom. The SMILES string of the molecule is CC(C)C(=O)Nc1ccc(CNC(=O)CSCc2ccccn2)cc1. The number of carbonyl (C=O) groups excluding carboxylic acids is 2. The Kier molecular flexibility index (Phi) is 7.47. The number of carbonyl (C=O) groups is 2. The molecule has 5 nitrogen and oxygen atoms in total. The Hall–Kier alpha value is -2.34. The van der Waals surface area contributed by atoms with E-state index in [1.54, 1.807) is 6.20 Å². The fourth-order valence-corrected chi connectivity index (χ4v) is 2.75. The molecule has 0 aliphatic heterocycles. The number of anilines is 1. The summed E-state index contributed by atoms with van der Waals surface area (Å²) in [5.41, 5.74) is 2.73. The fraction of sp³-hybridized carbons (Fsp3) is 0.316. The monoisotopic (exact) mass is 357 g/mol. The second kappa shape index (κ2) is 9.84. The maximum absolute atomic E-state index is 11.9. The molecule has 132 valence electrons. The van der Waals surface area contributed by atoms with Crippen LogP contribution in [0.2, 0.25) is 0 Å². The van der Waals surface area contributed by atoms with E-state index in [-0.39, 0.29) is 17.7 Å². The average Bonchev–Trinajstić information content (AvgIpc) is 2.62. The van der Waals surface area contributed by atoms with Gasteiger partial charge >= 0.3 is 0 Å². The normalized spacial score (nSPS) is 10.5. The van der Waals surface area contributed by atoms with Gasteiger partial charge < -0.3 is 10.6 Å². The second-order valence-electron chi connectivity index (χ2n) is 5.93. The molecule has 0 aliphatic carbocycles. The largest absolute Gasteiger partial charge is 0.351 e. The van der Waals surface area contributed by atoms with Crippen LogP contribution in [0.5, 0.6) is 0 Å². The van der Waals surface area contributed by atoms with Crippen LogP contribution >= 0.6 is 11.8 Å². The molecule has 0 saturated heterocycles. The standard InChI is InChI=1S/C19H23N3O2S/c1-14(2)19(24)22-16-8-6-15(7-9-16)11-21-18(23)13-25-12-17-5-3-4-10-20-17/h3-10,14H,11-13H2,1-2H3,(H,21,23)(H,22,24). The number of hydrogen-bond donors (Lipinski definition) is 2. The third kappa shape index (κ3) is 6.97. The molecule has 1 aromatic heterocycles. The molecule has 2 rings (SSSR count). The third-order valence-electron chi connectivity index (χ3n) is 3.44. The molecule has 2 N–H and O–H groups in total. The summed E-state index contributed by atoms with van der Waals surface area (Å²) in [5, 5.41) is 5.74. The van der Waals surface area contributed by atoms with Crippen LogP contribution in [-0.2, 0) is 21.9 Å². The number of nitrogens with one attached hydrogen (secondary N) is 2. The molecular formula is C19H23N3O2S. The molecule has 25 heavy (non-hydrogen) atoms. The Morgan fingerprint density at radius 2 is 1.88 bits per heavy atom. The molecule has 6 heteroatoms. The number of nitrogens with zero attached hydrogens (tertiary/aromatic N) is 1. The van der Waals surface area contributed by atoms with Gasteiger partial charge in [0.05, 0.1) is 11.4 Å². The lowest BCUT2D eigenvalue weighted by Crippen LogP contribution is -2.24. The van der Waals surface area contributed by atoms with Crippen LogP contribution in [0.1, 0.15) is 25.1 Å². The van der Waals surface area contributed by atoms with Crippen LogP contribution in [0.4, 0.5) is 5.69 Å². The number of pyridine rings is 1. The van der Waals surface area contributed by atoms with Gasteiger partial charge in [-0.3, -0.25) is 14.6 Å². The summed E-state index contributed by atoms with van der Waals surface area (Å²) in [6.07, 6.45) is 1.75. The summed E-state index contributed by atoms with van der Waals surface area (Å²) < 4.78 is 0. The van der Waals surface area contributed by atoms with Crippen LogP contribution in [-0.4, -0.2) is 22.6 Å². The van der Waals surface area contributed by atoms with E-state index < -0.39 is 0 Å². The van der Waals surface area contributed by atoms with E-state index in [4.69, 9.17) is 0 Å². The van der Waals surface area contributed by atoms with Crippen molar-refractivity contribution in [2.75, 3.05) is 11.1 Å². The van der Waals surface area contributed by atoms with Gasteiger partial charge in [0.15, 0.2) is 0 Å². The number of amides is 2. The molecule has 0 spiro atoms. The van der Waals surface area contributed by atoms with E-state index in [1.165, 1.54) is 11.8 Å². The van der Waals surface area contributed by atoms with Crippen molar-refractivity contribution in [3.8, 4) is 0 Å². The topological polar surface area (TPSA) is 71.1 Å². The summed E-state index contributed by atoms with van der Waals surface area (Å²) in [6.45, 7) is 4.18. The maximum atomic E-state index is 11.9. The first-order valence-electron chi connectivity index (χ1n) is 8.19. The highest BCUT2D eigenvalue weighted by molar-refractivity contribution is 7.99. The highest BCUT2D eigenvalue weighted by Gasteiger charge is 2.07. The summed E-state index contributed by atoms with van der Waals surface area (Å²) in [4.78, 5) is 27.8. The molecule has 1 aromatic carbocycles. The van der Waals surface area contributed by atoms with Gasteiger partial charge in [-0.15, -0.1) is 11.8 Å². The zero-order chi connectivity index (χ0) is 18.1. The van der Waals surface area contributed by atoms with Crippen molar-refractivity contribution < 1.29 is 9.59 Å². The maximum Gasteiger partial charge on any atom is 0.230 e. The van der Waals surface area contributed by atoms with Crippen molar-refractivity contribution in [3.05, 3.63) is 59.9 Å². The number of hydrogen-bond acceptors (Lipinski definition) is 4. The molecule has 0 aliphatic rings. The van der Waals surface area contributed by atoms with Gasteiger partial charge in [0.2, 0.25) is 11.8 Å². The third-order valence-corrected chi connectivity index (χ3v) is 4.41. The molecule has 2 aromatic rings. The first-order valence-corrected chi connectivity index (χ1v) is 9.34. The van der Waals surface area contributed by atoms with E-state index in [0.717, 1.165) is 22.7 Å². The van der Waals surface area contributed by atoms with E-state index in [0.29, 0.717) is 12.3 Å². The molecule has 0 radical (unpaired) electrons. The Morgan fingerprint density at radius 3 is 2.52 bits per heavy atom. The quantitative estimate of drug-likeness (QED) is 0.761. The molecule has 0 unspecified atom stereocenters. The minimum Gasteiger partial charge on any atom is -0.351 e. The molecule has 1 heterocycles. The fourth-order valence-electron chi connectivity index (χ4n) is 1.98. The summed E-state index contributed by atoms with van der Waals surface area (Å²) in [7, 11) is 0. The van der Waals surface area contributed by atoms with Crippen molar-refractivity contribution in [2.24, 2.45) is 5.92 Å². The van der Waals surface area contributed by atoms with E-state index in [2.05, 4.69) is 15.6 Å². The zero-order valence-corrected chi connectivity index (χ0v) is 15.3. The van der Waals surface area contributed by atoms with E-state index >= 15 is 0 Å². The van der Waals surface area contributed by atoms with Crippen molar-refractivity contribution in [1.29, 1.82) is 0 Å². The average molecular weight is 357 g/mol. The van der Waals surface area contributed by atoms with Gasteiger partial charge in [0.25, 0.3) is 0 Å². The zero-order valence-electron chi connectivity index (χ0n) is 14.5. The molecule has 2 amide bonds. The van der Waals surface area contributed by atoms with Crippen LogP contribution in [0.3, 0.4) is 0 Å². The molecule has 0 atom stereocenters. The van der Waals surface area contributed by atoms with Gasteiger partial charge in [-0.2, -0.15) is 0 Å². The number of aromatic nitrogens is 1. The van der Waals surface area contributed by atoms with Crippen LogP contribution in [0.25, 0.3) is 0 Å². The van der Waals surface area contributed by atoms with Crippen molar-refractivity contribution in [3.63, 3.8) is 0 Å². The minimum absolute atomic E-state index is 0.00174. The Labute approximate surface area is 152 Å². The van der Waals surface area contributed by atoms with Crippen molar-refractivity contribution in [1.82, 2.24) is 10.3 Å².